The number of ether oxygens (including phenoxy) is 1. The fourth-order valence-corrected chi connectivity index (χ4v) is 8.81. The van der Waals surface area contributed by atoms with Gasteiger partial charge in [0.25, 0.3) is 0 Å². The van der Waals surface area contributed by atoms with Crippen molar-refractivity contribution in [3.8, 4) is 0 Å². The second-order valence-corrected chi connectivity index (χ2v) is 12.0. The third-order valence-corrected chi connectivity index (χ3v) is 10.9. The van der Waals surface area contributed by atoms with Crippen LogP contribution in [0.25, 0.3) is 0 Å². The minimum atomic E-state index is -1.53. The highest BCUT2D eigenvalue weighted by Gasteiger charge is 2.76. The molecule has 1 aromatic heterocycles. The SMILES string of the molecule is C[C@H]1C[C@H]2[C@@H]3CCC4=CC(=O)C=C[C@]4(C)[C@@]3(Cl)[C@@H](O)C[C@]2(C)[C@@]1(OC(=O)c1ccco1)C(=O)CCl. The molecule has 1 aromatic rings. The smallest absolute Gasteiger partial charge is 0.375 e. The number of alkyl halides is 2. The zero-order chi connectivity index (χ0) is 25.4. The number of ketones is 2. The van der Waals surface area contributed by atoms with Crippen molar-refractivity contribution in [2.45, 2.75) is 63.0 Å². The van der Waals surface area contributed by atoms with E-state index in [4.69, 9.17) is 32.4 Å². The zero-order valence-electron chi connectivity index (χ0n) is 20.1. The number of Topliss-reactive ketones (excluding diaryl/α,β-unsaturated/α-hetero) is 1. The maximum atomic E-state index is 13.6. The van der Waals surface area contributed by atoms with Crippen LogP contribution in [-0.4, -0.2) is 45.1 Å². The Labute approximate surface area is 214 Å². The summed E-state index contributed by atoms with van der Waals surface area (Å²) in [6.07, 6.45) is 7.44. The summed E-state index contributed by atoms with van der Waals surface area (Å²) in [6.45, 7) is 5.81. The topological polar surface area (TPSA) is 93.8 Å². The molecule has 188 valence electrons. The molecule has 0 aliphatic heterocycles. The number of furan rings is 1. The third kappa shape index (κ3) is 3.02. The molecule has 0 unspecified atom stereocenters. The first-order valence-corrected chi connectivity index (χ1v) is 13.0. The zero-order valence-corrected chi connectivity index (χ0v) is 21.6. The number of hydrogen-bond acceptors (Lipinski definition) is 6. The molecule has 3 fully saturated rings. The molecule has 5 rings (SSSR count). The van der Waals surface area contributed by atoms with Gasteiger partial charge >= 0.3 is 5.97 Å². The van der Waals surface area contributed by atoms with Crippen LogP contribution in [0.5, 0.6) is 0 Å². The number of allylic oxidation sites excluding steroid dienone is 4. The average molecular weight is 521 g/mol. The number of esters is 1. The van der Waals surface area contributed by atoms with Gasteiger partial charge in [-0.2, -0.15) is 0 Å². The minimum Gasteiger partial charge on any atom is -0.457 e. The fraction of sp³-hybridized carbons (Fsp3) is 0.593. The highest BCUT2D eigenvalue weighted by molar-refractivity contribution is 6.29. The van der Waals surface area contributed by atoms with E-state index in [-0.39, 0.29) is 47.4 Å². The van der Waals surface area contributed by atoms with Gasteiger partial charge in [-0.1, -0.05) is 32.4 Å². The van der Waals surface area contributed by atoms with Crippen LogP contribution in [0, 0.1) is 28.6 Å². The van der Waals surface area contributed by atoms with Gasteiger partial charge in [-0.25, -0.2) is 4.79 Å². The molecular weight excluding hydrogens is 491 g/mol. The van der Waals surface area contributed by atoms with Crippen LogP contribution in [0.15, 0.2) is 46.6 Å². The van der Waals surface area contributed by atoms with Crippen molar-refractivity contribution in [3.05, 3.63) is 48.0 Å². The van der Waals surface area contributed by atoms with Gasteiger partial charge in [0.15, 0.2) is 17.2 Å². The Morgan fingerprint density at radius 1 is 1.29 bits per heavy atom. The molecule has 0 saturated heterocycles. The summed E-state index contributed by atoms with van der Waals surface area (Å²) in [7, 11) is 0. The van der Waals surface area contributed by atoms with Gasteiger partial charge in [0.2, 0.25) is 5.76 Å². The lowest BCUT2D eigenvalue weighted by molar-refractivity contribution is -0.177. The van der Waals surface area contributed by atoms with E-state index in [0.29, 0.717) is 19.3 Å². The number of aliphatic hydroxyl groups excluding tert-OH is 1. The van der Waals surface area contributed by atoms with Gasteiger partial charge in [-0.05, 0) is 61.8 Å². The van der Waals surface area contributed by atoms with E-state index in [1.165, 1.54) is 18.4 Å². The normalized spacial score (nSPS) is 44.2. The highest BCUT2D eigenvalue weighted by Crippen LogP contribution is 2.72. The number of rotatable bonds is 4. The van der Waals surface area contributed by atoms with Crippen LogP contribution in [-0.2, 0) is 14.3 Å². The van der Waals surface area contributed by atoms with Crippen LogP contribution >= 0.6 is 23.2 Å². The van der Waals surface area contributed by atoms with E-state index in [0.717, 1.165) is 5.57 Å². The predicted molar refractivity (Wildman–Crippen MR) is 130 cm³/mol. The lowest BCUT2D eigenvalue weighted by Crippen LogP contribution is -2.69. The van der Waals surface area contributed by atoms with Crippen molar-refractivity contribution in [3.63, 3.8) is 0 Å². The number of fused-ring (bicyclic) bond motifs is 5. The van der Waals surface area contributed by atoms with Crippen molar-refractivity contribution < 1.29 is 28.6 Å². The molecule has 0 bridgehead atoms. The van der Waals surface area contributed by atoms with E-state index in [9.17, 15) is 19.5 Å². The molecule has 4 aliphatic rings. The van der Waals surface area contributed by atoms with E-state index >= 15 is 0 Å². The number of aliphatic hydroxyl groups is 1. The first-order valence-electron chi connectivity index (χ1n) is 12.1. The average Bonchev–Trinajstić information content (AvgIpc) is 3.42. The summed E-state index contributed by atoms with van der Waals surface area (Å²) in [4.78, 5) is 37.7. The molecule has 0 aromatic carbocycles. The Bertz CT molecular complexity index is 1140. The first kappa shape index (κ1) is 24.8. The maximum Gasteiger partial charge on any atom is 0.375 e. The summed E-state index contributed by atoms with van der Waals surface area (Å²) in [5.74, 6) is -2.12. The molecule has 1 heterocycles. The van der Waals surface area contributed by atoms with Crippen LogP contribution in [0.1, 0.15) is 57.0 Å². The Morgan fingerprint density at radius 2 is 2.03 bits per heavy atom. The van der Waals surface area contributed by atoms with Crippen molar-refractivity contribution in [2.75, 3.05) is 5.88 Å². The molecule has 0 amide bonds. The van der Waals surface area contributed by atoms with Gasteiger partial charge in [-0.3, -0.25) is 9.59 Å². The summed E-state index contributed by atoms with van der Waals surface area (Å²) >= 11 is 13.6. The Morgan fingerprint density at radius 3 is 2.69 bits per heavy atom. The molecule has 3 saturated carbocycles. The maximum absolute atomic E-state index is 13.6. The molecule has 4 aliphatic carbocycles. The van der Waals surface area contributed by atoms with Crippen molar-refractivity contribution in [1.82, 2.24) is 0 Å². The standard InChI is InChI=1S/C27H30Cl2O6/c1-15-11-19-18-7-6-16-12-17(30)8-9-24(16,2)26(18,29)21(31)13-25(19,3)27(15,22(32)14-28)35-23(33)20-5-4-10-34-20/h4-5,8-10,12,15,18-19,21,31H,6-7,11,13-14H2,1-3H3/t15-,18-,19-,21-,24-,25-,26-,27-/m0/s1. The van der Waals surface area contributed by atoms with Gasteiger partial charge in [0, 0.05) is 16.7 Å². The minimum absolute atomic E-state index is 0.00557. The van der Waals surface area contributed by atoms with Crippen molar-refractivity contribution >= 4 is 40.7 Å². The van der Waals surface area contributed by atoms with Gasteiger partial charge < -0.3 is 14.3 Å². The summed E-state index contributed by atoms with van der Waals surface area (Å²) in [5.41, 5.74) is -2.20. The van der Waals surface area contributed by atoms with E-state index in [1.54, 1.807) is 12.1 Å². The second-order valence-electron chi connectivity index (χ2n) is 11.1. The van der Waals surface area contributed by atoms with Crippen LogP contribution in [0.4, 0.5) is 0 Å². The number of carbonyl (C=O) groups is 3. The molecular formula is C27H30Cl2O6. The van der Waals surface area contributed by atoms with E-state index < -0.39 is 33.4 Å². The van der Waals surface area contributed by atoms with Crippen molar-refractivity contribution in [1.29, 1.82) is 0 Å². The molecule has 8 atom stereocenters. The van der Waals surface area contributed by atoms with Gasteiger partial charge in [0.1, 0.15) is 0 Å². The Balaban J connectivity index is 1.61. The number of carbonyl (C=O) groups excluding carboxylic acids is 3. The fourth-order valence-electron chi connectivity index (χ4n) is 8.09. The van der Waals surface area contributed by atoms with Gasteiger partial charge in [-0.15, -0.1) is 23.2 Å². The molecule has 1 N–H and O–H groups in total. The van der Waals surface area contributed by atoms with Crippen LogP contribution in [0.3, 0.4) is 0 Å². The summed E-state index contributed by atoms with van der Waals surface area (Å²) in [5, 5.41) is 11.8. The van der Waals surface area contributed by atoms with Crippen LogP contribution < -0.4 is 0 Å². The molecule has 0 spiro atoms. The van der Waals surface area contributed by atoms with Crippen LogP contribution in [0.2, 0.25) is 0 Å². The quantitative estimate of drug-likeness (QED) is 0.449. The Hall–Kier alpha value is -1.89. The highest BCUT2D eigenvalue weighted by atomic mass is 35.5. The predicted octanol–water partition coefficient (Wildman–Crippen LogP) is 4.87. The third-order valence-electron chi connectivity index (χ3n) is 9.69. The molecule has 0 radical (unpaired) electrons. The molecule has 6 nitrogen and oxygen atoms in total. The van der Waals surface area contributed by atoms with Gasteiger partial charge in [0.05, 0.1) is 23.1 Å². The Kier molecular flexibility index (Phi) is 5.71. The summed E-state index contributed by atoms with van der Waals surface area (Å²) < 4.78 is 11.3. The van der Waals surface area contributed by atoms with E-state index in [1.807, 2.05) is 26.8 Å². The van der Waals surface area contributed by atoms with Crippen molar-refractivity contribution in [2.24, 2.45) is 28.6 Å². The lowest BCUT2D eigenvalue weighted by atomic mass is 9.45. The first-order chi connectivity index (χ1) is 16.5. The number of halogens is 2. The second kappa shape index (κ2) is 8.06. The summed E-state index contributed by atoms with van der Waals surface area (Å²) in [6, 6.07) is 3.07. The largest absolute Gasteiger partial charge is 0.457 e. The number of hydrogen-bond donors (Lipinski definition) is 1. The lowest BCUT2D eigenvalue weighted by Gasteiger charge is -2.64. The van der Waals surface area contributed by atoms with E-state index in [2.05, 4.69) is 0 Å². The molecule has 35 heavy (non-hydrogen) atoms. The molecule has 8 heteroatoms. The monoisotopic (exact) mass is 520 g/mol.